The number of nitrogens with zero attached hydrogens (tertiary/aromatic N) is 4. The summed E-state index contributed by atoms with van der Waals surface area (Å²) < 4.78 is 14.4. The lowest BCUT2D eigenvalue weighted by Crippen LogP contribution is -2.23. The van der Waals surface area contributed by atoms with Crippen LogP contribution in [0.5, 0.6) is 11.5 Å². The Bertz CT molecular complexity index is 1910. The molecule has 1 N–H and O–H groups in total. The van der Waals surface area contributed by atoms with E-state index in [1.54, 1.807) is 38.9 Å². The Morgan fingerprint density at radius 3 is 2.34 bits per heavy atom. The molecule has 5 aromatic rings. The van der Waals surface area contributed by atoms with E-state index in [0.717, 1.165) is 5.56 Å². The summed E-state index contributed by atoms with van der Waals surface area (Å²) in [6.07, 6.45) is 0.101. The fraction of sp³-hybridized carbons (Fsp3) is 0.176. The molecule has 0 aliphatic carbocycles. The molecular formula is C34H31N5O4S. The van der Waals surface area contributed by atoms with Crippen LogP contribution in [0.25, 0.3) is 28.1 Å². The third kappa shape index (κ3) is 5.96. The zero-order valence-electron chi connectivity index (χ0n) is 24.8. The Kier molecular flexibility index (Phi) is 9.17. The van der Waals surface area contributed by atoms with E-state index >= 15 is 0 Å². The molecule has 222 valence electrons. The first-order valence-electron chi connectivity index (χ1n) is 13.9. The predicted molar refractivity (Wildman–Crippen MR) is 173 cm³/mol. The minimum atomic E-state index is -0.309. The number of hydrogen-bond donors (Lipinski definition) is 1. The lowest BCUT2D eigenvalue weighted by atomic mass is 9.98. The molecule has 0 radical (unpaired) electrons. The fourth-order valence-corrected chi connectivity index (χ4v) is 5.90. The Morgan fingerprint density at radius 1 is 0.977 bits per heavy atom. The maximum atomic E-state index is 13.2. The number of thioether (sulfide) groups is 1. The summed E-state index contributed by atoms with van der Waals surface area (Å²) in [6, 6.07) is 28.6. The van der Waals surface area contributed by atoms with E-state index in [2.05, 4.69) is 11.4 Å². The van der Waals surface area contributed by atoms with Crippen molar-refractivity contribution in [2.45, 2.75) is 18.4 Å². The van der Waals surface area contributed by atoms with Crippen molar-refractivity contribution in [1.82, 2.24) is 14.3 Å². The highest BCUT2D eigenvalue weighted by Crippen LogP contribution is 2.42. The van der Waals surface area contributed by atoms with Gasteiger partial charge in [-0.3, -0.25) is 14.3 Å². The molecule has 0 fully saturated rings. The van der Waals surface area contributed by atoms with E-state index in [9.17, 15) is 14.9 Å². The van der Waals surface area contributed by atoms with Gasteiger partial charge >= 0.3 is 0 Å². The molecule has 0 aliphatic rings. The van der Waals surface area contributed by atoms with E-state index < -0.39 is 0 Å². The van der Waals surface area contributed by atoms with E-state index in [4.69, 9.17) is 14.5 Å². The number of nitriles is 1. The van der Waals surface area contributed by atoms with Gasteiger partial charge in [-0.1, -0.05) is 60.7 Å². The third-order valence-corrected chi connectivity index (χ3v) is 8.22. The largest absolute Gasteiger partial charge is 0.493 e. The molecule has 44 heavy (non-hydrogen) atoms. The van der Waals surface area contributed by atoms with Crippen LogP contribution < -0.4 is 20.3 Å². The molecule has 10 heteroatoms. The van der Waals surface area contributed by atoms with Crippen molar-refractivity contribution in [1.29, 1.82) is 5.26 Å². The highest BCUT2D eigenvalue weighted by atomic mass is 32.2. The van der Waals surface area contributed by atoms with Gasteiger partial charge in [0.1, 0.15) is 16.8 Å². The fourth-order valence-electron chi connectivity index (χ4n) is 4.96. The van der Waals surface area contributed by atoms with Crippen LogP contribution in [0.2, 0.25) is 0 Å². The third-order valence-electron chi connectivity index (χ3n) is 7.25. The van der Waals surface area contributed by atoms with Gasteiger partial charge in [0.15, 0.2) is 11.5 Å². The van der Waals surface area contributed by atoms with Crippen LogP contribution in [-0.4, -0.2) is 40.2 Å². The second-order valence-corrected chi connectivity index (χ2v) is 10.9. The minimum absolute atomic E-state index is 0.101. The summed E-state index contributed by atoms with van der Waals surface area (Å²) in [5, 5.41) is 13.6. The van der Waals surface area contributed by atoms with Crippen molar-refractivity contribution in [3.63, 3.8) is 0 Å². The van der Waals surface area contributed by atoms with Crippen LogP contribution in [0.4, 0.5) is 5.69 Å². The Hall–Kier alpha value is -5.27. The molecule has 3 aromatic carbocycles. The predicted octanol–water partition coefficient (Wildman–Crippen LogP) is 6.22. The first-order chi connectivity index (χ1) is 21.4. The van der Waals surface area contributed by atoms with Gasteiger partial charge in [-0.15, -0.1) is 11.8 Å². The summed E-state index contributed by atoms with van der Waals surface area (Å²) in [7, 11) is 4.90. The first-order valence-corrected chi connectivity index (χ1v) is 14.8. The SMILES string of the molecule is COc1cccc(-c2cc(-c3ccccc3)nc(SCCC(=O)Nc3c(C)n(C)n(-c4ccccc4)c3=O)c2C#N)c1OC. The van der Waals surface area contributed by atoms with E-state index in [1.165, 1.54) is 16.4 Å². The summed E-state index contributed by atoms with van der Waals surface area (Å²) in [5.41, 5.74) is 4.54. The number of rotatable bonds is 10. The number of methoxy groups -OCH3 is 2. The number of anilines is 1. The van der Waals surface area contributed by atoms with Crippen molar-refractivity contribution in [3.8, 4) is 45.6 Å². The summed E-state index contributed by atoms with van der Waals surface area (Å²) in [6.45, 7) is 1.79. The van der Waals surface area contributed by atoms with Crippen LogP contribution in [0, 0.1) is 18.3 Å². The summed E-state index contributed by atoms with van der Waals surface area (Å²) in [5.74, 6) is 1.07. The lowest BCUT2D eigenvalue weighted by Gasteiger charge is -2.16. The monoisotopic (exact) mass is 605 g/mol. The number of aromatic nitrogens is 3. The van der Waals surface area contributed by atoms with Gasteiger partial charge in [0, 0.05) is 35.9 Å². The Balaban J connectivity index is 1.43. The van der Waals surface area contributed by atoms with Crippen molar-refractivity contribution >= 4 is 23.4 Å². The van der Waals surface area contributed by atoms with E-state index in [1.807, 2.05) is 78.9 Å². The van der Waals surface area contributed by atoms with Gasteiger partial charge in [0.25, 0.3) is 5.56 Å². The standard InChI is InChI=1S/C34H31N5O4S/c1-22-31(34(41)39(38(22)2)24-14-9-6-10-15-24)37-30(40)18-19-44-33-27(21-35)26(20-28(36-33)23-12-7-5-8-13-23)25-16-11-17-29(42-3)32(25)43-4/h5-17,20H,18-19H2,1-4H3,(H,37,40). The average molecular weight is 606 g/mol. The van der Waals surface area contributed by atoms with Crippen molar-refractivity contribution < 1.29 is 14.3 Å². The number of ether oxygens (including phenoxy) is 2. The molecule has 2 aromatic heterocycles. The molecule has 0 bridgehead atoms. The van der Waals surface area contributed by atoms with Gasteiger partial charge in [-0.25, -0.2) is 9.67 Å². The molecule has 0 spiro atoms. The number of amides is 1. The van der Waals surface area contributed by atoms with Gasteiger partial charge in [0.2, 0.25) is 5.91 Å². The van der Waals surface area contributed by atoms with Gasteiger partial charge in [-0.2, -0.15) is 5.26 Å². The Morgan fingerprint density at radius 2 is 1.68 bits per heavy atom. The smallest absolute Gasteiger partial charge is 0.295 e. The number of nitrogens with one attached hydrogen (secondary N) is 1. The van der Waals surface area contributed by atoms with Gasteiger partial charge in [0.05, 0.1) is 36.9 Å². The molecule has 2 heterocycles. The first kappa shape index (κ1) is 30.2. The maximum Gasteiger partial charge on any atom is 0.295 e. The van der Waals surface area contributed by atoms with Crippen LogP contribution in [0.15, 0.2) is 94.7 Å². The highest BCUT2D eigenvalue weighted by molar-refractivity contribution is 7.99. The molecule has 0 saturated heterocycles. The summed E-state index contributed by atoms with van der Waals surface area (Å²) in [4.78, 5) is 31.1. The van der Waals surface area contributed by atoms with E-state index in [0.29, 0.717) is 56.0 Å². The molecule has 9 nitrogen and oxygen atoms in total. The van der Waals surface area contributed by atoms with Gasteiger partial charge < -0.3 is 14.8 Å². The molecule has 0 saturated carbocycles. The summed E-state index contributed by atoms with van der Waals surface area (Å²) >= 11 is 1.31. The number of hydrogen-bond acceptors (Lipinski definition) is 7. The zero-order valence-corrected chi connectivity index (χ0v) is 25.6. The van der Waals surface area contributed by atoms with Gasteiger partial charge in [-0.05, 0) is 31.2 Å². The van der Waals surface area contributed by atoms with Crippen molar-refractivity contribution in [2.75, 3.05) is 25.3 Å². The lowest BCUT2D eigenvalue weighted by molar-refractivity contribution is -0.115. The second-order valence-electron chi connectivity index (χ2n) is 9.84. The number of carbonyl (C=O) groups excluding carboxylic acids is 1. The Labute approximate surface area is 259 Å². The number of pyridine rings is 1. The average Bonchev–Trinajstić information content (AvgIpc) is 3.27. The molecule has 0 unspecified atom stereocenters. The van der Waals surface area contributed by atoms with Crippen LogP contribution in [0.3, 0.4) is 0 Å². The molecule has 0 aliphatic heterocycles. The minimum Gasteiger partial charge on any atom is -0.493 e. The molecule has 0 atom stereocenters. The van der Waals surface area contributed by atoms with Crippen LogP contribution in [-0.2, 0) is 11.8 Å². The molecule has 5 rings (SSSR count). The number of carbonyl (C=O) groups is 1. The van der Waals surface area contributed by atoms with Crippen molar-refractivity contribution in [2.24, 2.45) is 7.05 Å². The molecule has 1 amide bonds. The quantitative estimate of drug-likeness (QED) is 0.188. The number of para-hydroxylation sites is 2. The topological polar surface area (TPSA) is 111 Å². The van der Waals surface area contributed by atoms with Crippen molar-refractivity contribution in [3.05, 3.63) is 107 Å². The van der Waals surface area contributed by atoms with Crippen LogP contribution in [0.1, 0.15) is 17.7 Å². The molecular weight excluding hydrogens is 574 g/mol. The second kappa shape index (κ2) is 13.4. The maximum absolute atomic E-state index is 13.2. The number of benzene rings is 3. The van der Waals surface area contributed by atoms with Crippen LogP contribution >= 0.6 is 11.8 Å². The zero-order chi connectivity index (χ0) is 31.2. The normalized spacial score (nSPS) is 10.7. The van der Waals surface area contributed by atoms with E-state index in [-0.39, 0.29) is 23.6 Å². The highest BCUT2D eigenvalue weighted by Gasteiger charge is 2.22.